The van der Waals surface area contributed by atoms with Crippen molar-refractivity contribution in [1.82, 2.24) is 5.32 Å². The quantitative estimate of drug-likeness (QED) is 0.733. The lowest BCUT2D eigenvalue weighted by atomic mass is 10.3. The van der Waals surface area contributed by atoms with Crippen molar-refractivity contribution in [2.24, 2.45) is 0 Å². The highest BCUT2D eigenvalue weighted by Gasteiger charge is 2.20. The van der Waals surface area contributed by atoms with Crippen LogP contribution >= 0.6 is 0 Å². The second kappa shape index (κ2) is 8.00. The number of rotatable bonds is 7. The van der Waals surface area contributed by atoms with Gasteiger partial charge in [0.1, 0.15) is 0 Å². The normalized spacial score (nSPS) is 13.8. The fraction of sp³-hybridized carbons (Fsp3) is 0.467. The molecule has 8 nitrogen and oxygen atoms in total. The van der Waals surface area contributed by atoms with Gasteiger partial charge in [0.25, 0.3) is 0 Å². The van der Waals surface area contributed by atoms with Gasteiger partial charge in [-0.3, -0.25) is 9.59 Å². The molecule has 0 saturated carbocycles. The Hall–Kier alpha value is -2.29. The van der Waals surface area contributed by atoms with Crippen LogP contribution in [-0.2, 0) is 19.4 Å². The summed E-state index contributed by atoms with van der Waals surface area (Å²) in [5, 5.41) is 10.8. The summed E-state index contributed by atoms with van der Waals surface area (Å²) in [6.45, 7) is 0.927. The maximum atomic E-state index is 12.3. The number of fused-ring (bicyclic) bond motifs is 1. The molecule has 1 aromatic rings. The predicted octanol–water partition coefficient (Wildman–Crippen LogP) is 0.603. The van der Waals surface area contributed by atoms with Crippen molar-refractivity contribution in [3.8, 4) is 11.5 Å². The molecule has 2 N–H and O–H groups in total. The minimum atomic E-state index is -3.65. The Morgan fingerprint density at radius 2 is 1.83 bits per heavy atom. The Balaban J connectivity index is 1.96. The maximum Gasteiger partial charge on any atom is 0.305 e. The number of aliphatic carboxylic acids is 1. The first kappa shape index (κ1) is 18.1. The lowest BCUT2D eigenvalue weighted by Gasteiger charge is -2.10. The maximum absolute atomic E-state index is 12.3. The van der Waals surface area contributed by atoms with E-state index in [1.54, 1.807) is 6.07 Å². The van der Waals surface area contributed by atoms with Gasteiger partial charge in [-0.1, -0.05) is 0 Å². The van der Waals surface area contributed by atoms with Gasteiger partial charge in [-0.25, -0.2) is 8.42 Å². The van der Waals surface area contributed by atoms with Crippen LogP contribution in [-0.4, -0.2) is 50.9 Å². The zero-order chi connectivity index (χ0) is 17.6. The van der Waals surface area contributed by atoms with Gasteiger partial charge in [0.05, 0.1) is 30.3 Å². The van der Waals surface area contributed by atoms with E-state index >= 15 is 0 Å². The molecule has 9 heteroatoms. The zero-order valence-electron chi connectivity index (χ0n) is 13.0. The van der Waals surface area contributed by atoms with Crippen LogP contribution in [0.1, 0.15) is 19.3 Å². The van der Waals surface area contributed by atoms with E-state index in [0.29, 0.717) is 31.1 Å². The molecule has 1 aliphatic rings. The minimum Gasteiger partial charge on any atom is -0.490 e. The molecule has 1 amide bonds. The first-order valence-electron chi connectivity index (χ1n) is 7.49. The number of carbonyl (C=O) groups is 2. The molecule has 1 aromatic carbocycles. The molecule has 1 aliphatic heterocycles. The van der Waals surface area contributed by atoms with Crippen LogP contribution in [0.5, 0.6) is 11.5 Å². The van der Waals surface area contributed by atoms with E-state index in [-0.39, 0.29) is 30.0 Å². The van der Waals surface area contributed by atoms with Crippen molar-refractivity contribution in [1.29, 1.82) is 0 Å². The number of carboxylic acids is 1. The summed E-state index contributed by atoms with van der Waals surface area (Å²) in [6, 6.07) is 4.37. The molecule has 0 unspecified atom stereocenters. The number of nitrogens with one attached hydrogen (secondary N) is 1. The number of hydrogen-bond donors (Lipinski definition) is 2. The van der Waals surface area contributed by atoms with Crippen LogP contribution in [0.25, 0.3) is 0 Å². The van der Waals surface area contributed by atoms with Crippen LogP contribution in [0.2, 0.25) is 0 Å². The molecule has 0 fully saturated rings. The summed E-state index contributed by atoms with van der Waals surface area (Å²) in [5.74, 6) is -1.03. The second-order valence-corrected chi connectivity index (χ2v) is 7.33. The van der Waals surface area contributed by atoms with Crippen molar-refractivity contribution in [3.05, 3.63) is 18.2 Å². The Morgan fingerprint density at radius 1 is 1.12 bits per heavy atom. The minimum absolute atomic E-state index is 0.0295. The Labute approximate surface area is 139 Å². The molecule has 0 radical (unpaired) electrons. The number of carboxylic acid groups (broad SMARTS) is 1. The lowest BCUT2D eigenvalue weighted by molar-refractivity contribution is -0.136. The lowest BCUT2D eigenvalue weighted by Crippen LogP contribution is -2.27. The Bertz CT molecular complexity index is 715. The highest BCUT2D eigenvalue weighted by Crippen LogP contribution is 2.32. The van der Waals surface area contributed by atoms with E-state index in [2.05, 4.69) is 5.32 Å². The highest BCUT2D eigenvalue weighted by atomic mass is 32.2. The van der Waals surface area contributed by atoms with Crippen LogP contribution in [0.4, 0.5) is 0 Å². The van der Waals surface area contributed by atoms with Gasteiger partial charge in [0.2, 0.25) is 5.91 Å². The molecular formula is C15H19NO7S. The molecule has 0 saturated heterocycles. The molecule has 0 aromatic heterocycles. The molecule has 132 valence electrons. The number of benzene rings is 1. The Morgan fingerprint density at radius 3 is 2.54 bits per heavy atom. The molecule has 0 aliphatic carbocycles. The third-order valence-electron chi connectivity index (χ3n) is 3.34. The predicted molar refractivity (Wildman–Crippen MR) is 84.0 cm³/mol. The SMILES string of the molecule is O=C(O)CCNC(=O)CCS(=O)(=O)c1ccc2c(c1)OCCCO2. The largest absolute Gasteiger partial charge is 0.490 e. The average molecular weight is 357 g/mol. The van der Waals surface area contributed by atoms with E-state index in [1.807, 2.05) is 0 Å². The summed E-state index contributed by atoms with van der Waals surface area (Å²) < 4.78 is 35.5. The van der Waals surface area contributed by atoms with Crippen LogP contribution in [0, 0.1) is 0 Å². The van der Waals surface area contributed by atoms with Crippen molar-refractivity contribution >= 4 is 21.7 Å². The number of ether oxygens (including phenoxy) is 2. The van der Waals surface area contributed by atoms with E-state index in [1.165, 1.54) is 12.1 Å². The van der Waals surface area contributed by atoms with Crippen molar-refractivity contribution in [2.75, 3.05) is 25.5 Å². The summed E-state index contributed by atoms with van der Waals surface area (Å²) in [6.07, 6.45) is 0.268. The number of carbonyl (C=O) groups excluding carboxylic acids is 1. The first-order chi connectivity index (χ1) is 11.4. The highest BCUT2D eigenvalue weighted by molar-refractivity contribution is 7.91. The smallest absolute Gasteiger partial charge is 0.305 e. The fourth-order valence-corrected chi connectivity index (χ4v) is 3.33. The number of hydrogen-bond acceptors (Lipinski definition) is 6. The van der Waals surface area contributed by atoms with E-state index < -0.39 is 21.7 Å². The topological polar surface area (TPSA) is 119 Å². The summed E-state index contributed by atoms with van der Waals surface area (Å²) in [5.41, 5.74) is 0. The molecule has 1 heterocycles. The molecule has 0 atom stereocenters. The van der Waals surface area contributed by atoms with Gasteiger partial charge in [-0.2, -0.15) is 0 Å². The fourth-order valence-electron chi connectivity index (χ4n) is 2.08. The van der Waals surface area contributed by atoms with Crippen LogP contribution in [0.15, 0.2) is 23.1 Å². The molecule has 24 heavy (non-hydrogen) atoms. The van der Waals surface area contributed by atoms with Crippen LogP contribution < -0.4 is 14.8 Å². The van der Waals surface area contributed by atoms with Gasteiger partial charge in [0.15, 0.2) is 21.3 Å². The van der Waals surface area contributed by atoms with Gasteiger partial charge in [0, 0.05) is 25.5 Å². The summed E-state index contributed by atoms with van der Waals surface area (Å²) in [4.78, 5) is 22.0. The summed E-state index contributed by atoms with van der Waals surface area (Å²) in [7, 11) is -3.65. The standard InChI is InChI=1S/C15H19NO7S/c17-14(16-6-4-15(18)19)5-9-24(20,21)11-2-3-12-13(10-11)23-8-1-7-22-12/h2-3,10H,1,4-9H2,(H,16,17)(H,18,19). The number of amides is 1. The second-order valence-electron chi connectivity index (χ2n) is 5.22. The van der Waals surface area contributed by atoms with Gasteiger partial charge < -0.3 is 19.9 Å². The summed E-state index contributed by atoms with van der Waals surface area (Å²) >= 11 is 0. The Kier molecular flexibility index (Phi) is 6.02. The monoisotopic (exact) mass is 357 g/mol. The zero-order valence-corrected chi connectivity index (χ0v) is 13.8. The third kappa shape index (κ3) is 5.12. The van der Waals surface area contributed by atoms with Gasteiger partial charge >= 0.3 is 5.97 Å². The molecule has 2 rings (SSSR count). The van der Waals surface area contributed by atoms with Crippen molar-refractivity contribution < 1.29 is 32.6 Å². The first-order valence-corrected chi connectivity index (χ1v) is 9.14. The van der Waals surface area contributed by atoms with E-state index in [9.17, 15) is 18.0 Å². The average Bonchev–Trinajstić information content (AvgIpc) is 2.77. The van der Waals surface area contributed by atoms with Crippen LogP contribution in [0.3, 0.4) is 0 Å². The molecule has 0 bridgehead atoms. The van der Waals surface area contributed by atoms with Crippen molar-refractivity contribution in [2.45, 2.75) is 24.2 Å². The van der Waals surface area contributed by atoms with E-state index in [4.69, 9.17) is 14.6 Å². The molecular weight excluding hydrogens is 338 g/mol. The number of sulfone groups is 1. The van der Waals surface area contributed by atoms with Gasteiger partial charge in [-0.15, -0.1) is 0 Å². The third-order valence-corrected chi connectivity index (χ3v) is 5.05. The van der Waals surface area contributed by atoms with Gasteiger partial charge in [-0.05, 0) is 12.1 Å². The van der Waals surface area contributed by atoms with E-state index in [0.717, 1.165) is 0 Å². The van der Waals surface area contributed by atoms with Crippen molar-refractivity contribution in [3.63, 3.8) is 0 Å². The molecule has 0 spiro atoms.